The van der Waals surface area contributed by atoms with Crippen LogP contribution in [0.1, 0.15) is 38.2 Å². The van der Waals surface area contributed by atoms with Gasteiger partial charge in [0.1, 0.15) is 5.75 Å². The lowest BCUT2D eigenvalue weighted by atomic mass is 9.94. The molecule has 0 bridgehead atoms. The molecule has 1 aromatic rings. The quantitative estimate of drug-likeness (QED) is 0.729. The fraction of sp³-hybridized carbons (Fsp3) is 0.538. The third-order valence-electron chi connectivity index (χ3n) is 3.22. The van der Waals surface area contributed by atoms with Gasteiger partial charge in [0.2, 0.25) is 0 Å². The molecule has 1 aliphatic rings. The van der Waals surface area contributed by atoms with E-state index in [1.807, 2.05) is 12.1 Å². The second-order valence-corrected chi connectivity index (χ2v) is 4.34. The largest absolute Gasteiger partial charge is 0.473 e. The van der Waals surface area contributed by atoms with Crippen molar-refractivity contribution in [3.8, 4) is 5.75 Å². The zero-order valence-electron chi connectivity index (χ0n) is 10.5. The van der Waals surface area contributed by atoms with E-state index in [2.05, 4.69) is 42.4 Å². The molecular weight excluding hydrogens is 214 g/mol. The Kier molecular flexibility index (Phi) is 4.36. The van der Waals surface area contributed by atoms with Crippen LogP contribution >= 0.6 is 0 Å². The van der Waals surface area contributed by atoms with Gasteiger partial charge in [-0.2, -0.15) is 5.53 Å². The van der Waals surface area contributed by atoms with Crippen LogP contribution in [-0.2, 0) is 0 Å². The molecule has 0 amide bonds. The molecule has 17 heavy (non-hydrogen) atoms. The summed E-state index contributed by atoms with van der Waals surface area (Å²) in [6.45, 7) is 5.23. The van der Waals surface area contributed by atoms with Crippen molar-refractivity contribution in [3.63, 3.8) is 0 Å². The second-order valence-electron chi connectivity index (χ2n) is 4.34. The highest BCUT2D eigenvalue weighted by molar-refractivity contribution is 5.29. The monoisotopic (exact) mass is 235 g/mol. The second kappa shape index (κ2) is 6.00. The van der Waals surface area contributed by atoms with Gasteiger partial charge in [-0.25, -0.2) is 10.9 Å². The summed E-state index contributed by atoms with van der Waals surface area (Å²) in [5.41, 5.74) is 10.2. The van der Waals surface area contributed by atoms with Crippen LogP contribution in [-0.4, -0.2) is 12.8 Å². The van der Waals surface area contributed by atoms with Gasteiger partial charge in [0.15, 0.2) is 6.23 Å². The molecule has 1 aromatic carbocycles. The van der Waals surface area contributed by atoms with Crippen LogP contribution in [0, 0.1) is 0 Å². The number of hydrogen-bond donors (Lipinski definition) is 3. The Hall–Kier alpha value is -1.10. The van der Waals surface area contributed by atoms with Crippen molar-refractivity contribution in [2.45, 2.75) is 38.8 Å². The Morgan fingerprint density at radius 2 is 1.94 bits per heavy atom. The van der Waals surface area contributed by atoms with Crippen molar-refractivity contribution < 1.29 is 4.74 Å². The molecule has 1 fully saturated rings. The maximum atomic E-state index is 5.74. The summed E-state index contributed by atoms with van der Waals surface area (Å²) in [4.78, 5) is 0. The molecular formula is C13H21N3O. The van der Waals surface area contributed by atoms with E-state index < -0.39 is 0 Å². The molecule has 0 saturated carbocycles. The number of ether oxygens (including phenoxy) is 1. The predicted molar refractivity (Wildman–Crippen MR) is 68.5 cm³/mol. The Bertz CT molecular complexity index is 329. The first-order valence-corrected chi connectivity index (χ1v) is 6.33. The molecule has 0 radical (unpaired) electrons. The molecule has 1 aliphatic heterocycles. The van der Waals surface area contributed by atoms with Gasteiger partial charge < -0.3 is 4.74 Å². The van der Waals surface area contributed by atoms with E-state index in [1.54, 1.807) is 0 Å². The summed E-state index contributed by atoms with van der Waals surface area (Å²) in [5.74, 6) is 1.57. The minimum absolute atomic E-state index is 0.00556. The molecule has 1 unspecified atom stereocenters. The van der Waals surface area contributed by atoms with Crippen molar-refractivity contribution in [3.05, 3.63) is 29.8 Å². The summed E-state index contributed by atoms with van der Waals surface area (Å²) < 4.78 is 5.74. The minimum Gasteiger partial charge on any atom is -0.473 e. The zero-order valence-corrected chi connectivity index (χ0v) is 10.5. The fourth-order valence-corrected chi connectivity index (χ4v) is 2.14. The molecule has 0 aliphatic carbocycles. The Morgan fingerprint density at radius 1 is 1.24 bits per heavy atom. The predicted octanol–water partition coefficient (Wildman–Crippen LogP) is 1.91. The fourth-order valence-electron chi connectivity index (χ4n) is 2.14. The summed E-state index contributed by atoms with van der Waals surface area (Å²) in [7, 11) is 0. The summed E-state index contributed by atoms with van der Waals surface area (Å²) in [5, 5.41) is 0. The third-order valence-corrected chi connectivity index (χ3v) is 3.22. The number of hydrogen-bond acceptors (Lipinski definition) is 4. The van der Waals surface area contributed by atoms with Crippen LogP contribution in [0.3, 0.4) is 0 Å². The molecule has 1 atom stereocenters. The van der Waals surface area contributed by atoms with Gasteiger partial charge in [0, 0.05) is 0 Å². The highest BCUT2D eigenvalue weighted by atomic mass is 16.5. The van der Waals surface area contributed by atoms with Crippen LogP contribution < -0.4 is 21.1 Å². The average molecular weight is 235 g/mol. The Labute approximate surface area is 103 Å². The smallest absolute Gasteiger partial charge is 0.177 e. The third kappa shape index (κ3) is 3.19. The molecule has 1 saturated heterocycles. The van der Waals surface area contributed by atoms with Crippen LogP contribution in [0.2, 0.25) is 0 Å². The van der Waals surface area contributed by atoms with Gasteiger partial charge in [0.25, 0.3) is 0 Å². The highest BCUT2D eigenvalue weighted by Crippen LogP contribution is 2.25. The van der Waals surface area contributed by atoms with Gasteiger partial charge in [-0.3, -0.25) is 0 Å². The maximum absolute atomic E-state index is 5.74. The average Bonchev–Trinajstić information content (AvgIpc) is 2.86. The van der Waals surface area contributed by atoms with Gasteiger partial charge in [-0.15, -0.1) is 0 Å². The van der Waals surface area contributed by atoms with Crippen LogP contribution in [0.5, 0.6) is 5.75 Å². The van der Waals surface area contributed by atoms with Crippen LogP contribution in [0.25, 0.3) is 0 Å². The van der Waals surface area contributed by atoms with Crippen LogP contribution in [0.15, 0.2) is 24.3 Å². The van der Waals surface area contributed by atoms with Gasteiger partial charge in [0.05, 0.1) is 6.54 Å². The molecule has 2 rings (SSSR count). The van der Waals surface area contributed by atoms with Crippen molar-refractivity contribution in [1.82, 2.24) is 16.4 Å². The summed E-state index contributed by atoms with van der Waals surface area (Å²) in [6, 6.07) is 8.44. The standard InChI is InChI=1S/C13H21N3O/c1-3-10(4-2)11-5-7-12(8-6-11)17-13-9-14-16-15-13/h5-8,10,13-16H,3-4,9H2,1-2H3. The Balaban J connectivity index is 1.96. The minimum atomic E-state index is -0.00556. The molecule has 0 spiro atoms. The SMILES string of the molecule is CCC(CC)c1ccc(OC2CNNN2)cc1. The van der Waals surface area contributed by atoms with E-state index in [9.17, 15) is 0 Å². The molecule has 3 N–H and O–H groups in total. The Morgan fingerprint density at radius 3 is 2.47 bits per heavy atom. The van der Waals surface area contributed by atoms with E-state index in [1.165, 1.54) is 18.4 Å². The number of benzene rings is 1. The van der Waals surface area contributed by atoms with Crippen molar-refractivity contribution in [2.75, 3.05) is 6.54 Å². The molecule has 94 valence electrons. The van der Waals surface area contributed by atoms with E-state index in [4.69, 9.17) is 4.74 Å². The maximum Gasteiger partial charge on any atom is 0.177 e. The lowest BCUT2D eigenvalue weighted by Crippen LogP contribution is -2.36. The highest BCUT2D eigenvalue weighted by Gasteiger charge is 2.14. The van der Waals surface area contributed by atoms with Gasteiger partial charge >= 0.3 is 0 Å². The number of hydrazine groups is 2. The summed E-state index contributed by atoms with van der Waals surface area (Å²) >= 11 is 0. The lowest BCUT2D eigenvalue weighted by Gasteiger charge is -2.15. The first-order chi connectivity index (χ1) is 8.33. The summed E-state index contributed by atoms with van der Waals surface area (Å²) in [6.07, 6.45) is 2.37. The van der Waals surface area contributed by atoms with Gasteiger partial charge in [-0.05, 0) is 36.5 Å². The van der Waals surface area contributed by atoms with Crippen molar-refractivity contribution >= 4 is 0 Å². The first kappa shape index (κ1) is 12.4. The van der Waals surface area contributed by atoms with E-state index in [0.29, 0.717) is 5.92 Å². The number of nitrogens with one attached hydrogen (secondary N) is 3. The van der Waals surface area contributed by atoms with Crippen LogP contribution in [0.4, 0.5) is 0 Å². The van der Waals surface area contributed by atoms with Crippen molar-refractivity contribution in [2.24, 2.45) is 0 Å². The molecule has 0 aromatic heterocycles. The molecule has 1 heterocycles. The van der Waals surface area contributed by atoms with E-state index in [0.717, 1.165) is 12.3 Å². The molecule has 4 nitrogen and oxygen atoms in total. The van der Waals surface area contributed by atoms with E-state index >= 15 is 0 Å². The number of rotatable bonds is 5. The first-order valence-electron chi connectivity index (χ1n) is 6.33. The lowest BCUT2D eigenvalue weighted by molar-refractivity contribution is 0.191. The zero-order chi connectivity index (χ0) is 12.1. The van der Waals surface area contributed by atoms with Crippen molar-refractivity contribution in [1.29, 1.82) is 0 Å². The normalized spacial score (nSPS) is 19.8. The van der Waals surface area contributed by atoms with Gasteiger partial charge in [-0.1, -0.05) is 26.0 Å². The topological polar surface area (TPSA) is 45.3 Å². The molecule has 4 heteroatoms. The van der Waals surface area contributed by atoms with E-state index in [-0.39, 0.29) is 6.23 Å².